The van der Waals surface area contributed by atoms with Crippen LogP contribution in [0.5, 0.6) is 0 Å². The molecule has 1 unspecified atom stereocenters. The summed E-state index contributed by atoms with van der Waals surface area (Å²) in [6.45, 7) is 1.83. The van der Waals surface area contributed by atoms with E-state index in [2.05, 4.69) is 5.32 Å². The minimum atomic E-state index is -1.03. The molecule has 5 heteroatoms. The summed E-state index contributed by atoms with van der Waals surface area (Å²) in [5, 5.41) is 13.6. The maximum atomic E-state index is 12.1. The quantitative estimate of drug-likeness (QED) is 0.888. The van der Waals surface area contributed by atoms with Gasteiger partial charge >= 0.3 is 5.97 Å². The Kier molecular flexibility index (Phi) is 4.53. The highest BCUT2D eigenvalue weighted by Gasteiger charge is 2.22. The van der Waals surface area contributed by atoms with E-state index < -0.39 is 12.0 Å². The molecule has 1 amide bonds. The Balaban J connectivity index is 2.09. The molecule has 104 valence electrons. The first-order valence-electron chi connectivity index (χ1n) is 6.19. The second-order valence-electron chi connectivity index (χ2n) is 4.49. The number of nitrogens with one attached hydrogen (secondary N) is 1. The Bertz CT molecular complexity index is 607. The number of carbonyl (C=O) groups excluding carboxylic acids is 1. The molecule has 0 saturated carbocycles. The van der Waals surface area contributed by atoms with E-state index in [1.165, 1.54) is 11.3 Å². The number of carboxylic acid groups (broad SMARTS) is 1. The lowest BCUT2D eigenvalue weighted by molar-refractivity contribution is -0.139. The fourth-order valence-corrected chi connectivity index (χ4v) is 2.71. The Labute approximate surface area is 121 Å². The number of carboxylic acids is 1. The van der Waals surface area contributed by atoms with Gasteiger partial charge in [-0.25, -0.2) is 4.79 Å². The van der Waals surface area contributed by atoms with Gasteiger partial charge in [-0.3, -0.25) is 4.79 Å². The van der Waals surface area contributed by atoms with Crippen LogP contribution >= 0.6 is 11.3 Å². The number of carbonyl (C=O) groups is 2. The number of hydrogen-bond donors (Lipinski definition) is 2. The highest BCUT2D eigenvalue weighted by atomic mass is 32.1. The van der Waals surface area contributed by atoms with Crippen molar-refractivity contribution in [2.75, 3.05) is 0 Å². The zero-order valence-electron chi connectivity index (χ0n) is 11.0. The van der Waals surface area contributed by atoms with Crippen molar-refractivity contribution in [3.8, 4) is 0 Å². The topological polar surface area (TPSA) is 66.4 Å². The normalized spacial score (nSPS) is 11.8. The maximum Gasteiger partial charge on any atom is 0.326 e. The largest absolute Gasteiger partial charge is 0.480 e. The lowest BCUT2D eigenvalue weighted by atomic mass is 10.1. The van der Waals surface area contributed by atoms with E-state index >= 15 is 0 Å². The molecule has 0 fully saturated rings. The van der Waals surface area contributed by atoms with E-state index in [4.69, 9.17) is 0 Å². The first-order valence-corrected chi connectivity index (χ1v) is 7.07. The van der Waals surface area contributed by atoms with Crippen LogP contribution in [0.4, 0.5) is 0 Å². The van der Waals surface area contributed by atoms with Crippen LogP contribution in [-0.4, -0.2) is 23.0 Å². The summed E-state index contributed by atoms with van der Waals surface area (Å²) in [4.78, 5) is 23.9. The summed E-state index contributed by atoms with van der Waals surface area (Å²) in [5.41, 5.74) is 1.74. The van der Waals surface area contributed by atoms with Crippen LogP contribution in [0.25, 0.3) is 0 Å². The first kappa shape index (κ1) is 14.3. The van der Waals surface area contributed by atoms with E-state index in [-0.39, 0.29) is 12.3 Å². The van der Waals surface area contributed by atoms with Crippen molar-refractivity contribution in [2.45, 2.75) is 19.4 Å². The number of thiophene rings is 1. The minimum absolute atomic E-state index is 0.270. The minimum Gasteiger partial charge on any atom is -0.480 e. The molecule has 0 aliphatic heterocycles. The molecule has 1 heterocycles. The third kappa shape index (κ3) is 3.45. The summed E-state index contributed by atoms with van der Waals surface area (Å²) in [5.74, 6) is -1.36. The Hall–Kier alpha value is -2.14. The number of aryl methyl sites for hydroxylation is 1. The predicted molar refractivity (Wildman–Crippen MR) is 78.1 cm³/mol. The van der Waals surface area contributed by atoms with Gasteiger partial charge in [0, 0.05) is 6.42 Å². The Morgan fingerprint density at radius 2 is 1.95 bits per heavy atom. The number of benzene rings is 1. The van der Waals surface area contributed by atoms with Crippen LogP contribution in [0.2, 0.25) is 0 Å². The second-order valence-corrected chi connectivity index (χ2v) is 5.40. The highest BCUT2D eigenvalue weighted by Crippen LogP contribution is 2.15. The zero-order chi connectivity index (χ0) is 14.5. The monoisotopic (exact) mass is 289 g/mol. The molecule has 2 rings (SSSR count). The van der Waals surface area contributed by atoms with Crippen LogP contribution in [0.3, 0.4) is 0 Å². The third-order valence-electron chi connectivity index (χ3n) is 2.95. The van der Waals surface area contributed by atoms with Gasteiger partial charge in [0.2, 0.25) is 0 Å². The number of amides is 1. The SMILES string of the molecule is Cc1ccsc1C(=O)NC(Cc1ccccc1)C(=O)O. The summed E-state index contributed by atoms with van der Waals surface area (Å²) in [7, 11) is 0. The average Bonchev–Trinajstić information content (AvgIpc) is 2.85. The first-order chi connectivity index (χ1) is 9.58. The molecule has 2 aromatic rings. The van der Waals surface area contributed by atoms with Gasteiger partial charge in [-0.05, 0) is 29.5 Å². The van der Waals surface area contributed by atoms with Crippen molar-refractivity contribution >= 4 is 23.2 Å². The number of rotatable bonds is 5. The van der Waals surface area contributed by atoms with Crippen LogP contribution < -0.4 is 5.32 Å². The van der Waals surface area contributed by atoms with Gasteiger partial charge in [-0.15, -0.1) is 11.3 Å². The molecule has 2 N–H and O–H groups in total. The molecule has 20 heavy (non-hydrogen) atoms. The molecule has 1 aromatic heterocycles. The van der Waals surface area contributed by atoms with Gasteiger partial charge in [0.05, 0.1) is 4.88 Å². The van der Waals surface area contributed by atoms with Crippen LogP contribution in [0.15, 0.2) is 41.8 Å². The van der Waals surface area contributed by atoms with Crippen LogP contribution in [0.1, 0.15) is 20.8 Å². The smallest absolute Gasteiger partial charge is 0.326 e. The van der Waals surface area contributed by atoms with Gasteiger partial charge < -0.3 is 10.4 Å². The standard InChI is InChI=1S/C15H15NO3S/c1-10-7-8-20-13(10)14(17)16-12(15(18)19)9-11-5-3-2-4-6-11/h2-8,12H,9H2,1H3,(H,16,17)(H,18,19). The second kappa shape index (κ2) is 6.34. The van der Waals surface area contributed by atoms with E-state index in [9.17, 15) is 14.7 Å². The molecule has 0 radical (unpaired) electrons. The van der Waals surface area contributed by atoms with Crippen molar-refractivity contribution in [1.82, 2.24) is 5.32 Å². The highest BCUT2D eigenvalue weighted by molar-refractivity contribution is 7.12. The average molecular weight is 289 g/mol. The van der Waals surface area contributed by atoms with Crippen molar-refractivity contribution in [3.63, 3.8) is 0 Å². The summed E-state index contributed by atoms with van der Waals surface area (Å²) in [6.07, 6.45) is 0.270. The molecule has 1 atom stereocenters. The Morgan fingerprint density at radius 1 is 1.25 bits per heavy atom. The molecule has 1 aromatic carbocycles. The number of hydrogen-bond acceptors (Lipinski definition) is 3. The van der Waals surface area contributed by atoms with E-state index in [1.54, 1.807) is 0 Å². The molecule has 0 bridgehead atoms. The van der Waals surface area contributed by atoms with Gasteiger partial charge in [-0.1, -0.05) is 30.3 Å². The summed E-state index contributed by atoms with van der Waals surface area (Å²) < 4.78 is 0. The molecule has 0 aliphatic carbocycles. The van der Waals surface area contributed by atoms with Gasteiger partial charge in [0.15, 0.2) is 0 Å². The molecule has 0 saturated heterocycles. The fraction of sp³-hybridized carbons (Fsp3) is 0.200. The maximum absolute atomic E-state index is 12.1. The fourth-order valence-electron chi connectivity index (χ4n) is 1.88. The summed E-state index contributed by atoms with van der Waals surface area (Å²) in [6, 6.07) is 10.2. The van der Waals surface area contributed by atoms with Crippen LogP contribution in [-0.2, 0) is 11.2 Å². The van der Waals surface area contributed by atoms with Gasteiger partial charge in [0.1, 0.15) is 6.04 Å². The van der Waals surface area contributed by atoms with Crippen molar-refractivity contribution in [2.24, 2.45) is 0 Å². The lowest BCUT2D eigenvalue weighted by Crippen LogP contribution is -2.42. The van der Waals surface area contributed by atoms with E-state index in [1.807, 2.05) is 48.7 Å². The zero-order valence-corrected chi connectivity index (χ0v) is 11.8. The summed E-state index contributed by atoms with van der Waals surface area (Å²) >= 11 is 1.31. The van der Waals surface area contributed by atoms with Crippen molar-refractivity contribution in [3.05, 3.63) is 57.8 Å². The van der Waals surface area contributed by atoms with E-state index in [0.29, 0.717) is 4.88 Å². The third-order valence-corrected chi connectivity index (χ3v) is 3.97. The Morgan fingerprint density at radius 3 is 2.50 bits per heavy atom. The number of aliphatic carboxylic acids is 1. The van der Waals surface area contributed by atoms with Gasteiger partial charge in [0.25, 0.3) is 5.91 Å². The van der Waals surface area contributed by atoms with Crippen molar-refractivity contribution in [1.29, 1.82) is 0 Å². The molecular weight excluding hydrogens is 274 g/mol. The molecule has 4 nitrogen and oxygen atoms in total. The molecular formula is C15H15NO3S. The van der Waals surface area contributed by atoms with Crippen LogP contribution in [0, 0.1) is 6.92 Å². The predicted octanol–water partition coefficient (Wildman–Crippen LogP) is 2.48. The van der Waals surface area contributed by atoms with Gasteiger partial charge in [-0.2, -0.15) is 0 Å². The lowest BCUT2D eigenvalue weighted by Gasteiger charge is -2.14. The molecule has 0 aliphatic rings. The van der Waals surface area contributed by atoms with Crippen molar-refractivity contribution < 1.29 is 14.7 Å². The molecule has 0 spiro atoms. The van der Waals surface area contributed by atoms with E-state index in [0.717, 1.165) is 11.1 Å².